The topological polar surface area (TPSA) is 135 Å². The predicted octanol–water partition coefficient (Wildman–Crippen LogP) is 0.834. The number of nitrogens with one attached hydrogen (secondary N) is 2. The summed E-state index contributed by atoms with van der Waals surface area (Å²) in [5.74, 6) is -1.81. The number of nitrogens with two attached hydrogens (primary N) is 1. The maximum Gasteiger partial charge on any atom is 0.313 e. The maximum absolute atomic E-state index is 11.9. The molecule has 2 aromatic rings. The summed E-state index contributed by atoms with van der Waals surface area (Å²) in [6.07, 6.45) is 0.406. The molecule has 0 saturated carbocycles. The molecule has 4 N–H and O–H groups in total. The van der Waals surface area contributed by atoms with Gasteiger partial charge in [-0.2, -0.15) is 0 Å². The van der Waals surface area contributed by atoms with E-state index in [9.17, 15) is 22.8 Å². The Morgan fingerprint density at radius 2 is 1.67 bits per heavy atom. The lowest BCUT2D eigenvalue weighted by molar-refractivity contribution is -0.136. The second-order valence-corrected chi connectivity index (χ2v) is 7.35. The fraction of sp³-hybridized carbons (Fsp3) is 0.167. The van der Waals surface area contributed by atoms with Crippen molar-refractivity contribution in [1.29, 1.82) is 0 Å². The quantitative estimate of drug-likeness (QED) is 0.497. The molecule has 2 aromatic carbocycles. The van der Waals surface area contributed by atoms with Gasteiger partial charge in [0.05, 0.1) is 4.90 Å². The molecule has 0 heterocycles. The van der Waals surface area contributed by atoms with Crippen LogP contribution in [0, 0.1) is 0 Å². The van der Waals surface area contributed by atoms with E-state index >= 15 is 0 Å². The summed E-state index contributed by atoms with van der Waals surface area (Å²) in [6.45, 7) is 1.59. The fourth-order valence-corrected chi connectivity index (χ4v) is 2.77. The molecule has 0 aliphatic carbocycles. The van der Waals surface area contributed by atoms with Crippen LogP contribution in [0.25, 0.3) is 0 Å². The molecule has 0 atom stereocenters. The van der Waals surface area contributed by atoms with Gasteiger partial charge in [0.25, 0.3) is 0 Å². The van der Waals surface area contributed by atoms with Crippen molar-refractivity contribution in [2.45, 2.75) is 18.2 Å². The van der Waals surface area contributed by atoms with E-state index < -0.39 is 21.8 Å². The first-order valence-corrected chi connectivity index (χ1v) is 9.53. The predicted molar refractivity (Wildman–Crippen MR) is 99.6 cm³/mol. The third-order valence-corrected chi connectivity index (χ3v) is 4.61. The third kappa shape index (κ3) is 6.01. The number of hydrogen-bond donors (Lipinski definition) is 3. The Morgan fingerprint density at radius 3 is 2.26 bits per heavy atom. The van der Waals surface area contributed by atoms with Gasteiger partial charge < -0.3 is 10.6 Å². The minimum absolute atomic E-state index is 0.00227. The first kappa shape index (κ1) is 20.3. The highest BCUT2D eigenvalue weighted by atomic mass is 32.2. The van der Waals surface area contributed by atoms with Crippen molar-refractivity contribution < 1.29 is 22.8 Å². The van der Waals surface area contributed by atoms with Crippen molar-refractivity contribution in [2.75, 3.05) is 11.9 Å². The standard InChI is InChI=1S/C18H19N3O5S/c1-12(22)14-3-2-4-15(11-14)21-18(24)17(23)20-10-9-13-5-7-16(8-6-13)27(19,25)26/h2-8,11H,9-10H2,1H3,(H,20,23)(H,21,24)(H2,19,25,26). The van der Waals surface area contributed by atoms with Gasteiger partial charge in [-0.3, -0.25) is 14.4 Å². The highest BCUT2D eigenvalue weighted by molar-refractivity contribution is 7.89. The van der Waals surface area contributed by atoms with Crippen LogP contribution in [0.2, 0.25) is 0 Å². The van der Waals surface area contributed by atoms with Crippen LogP contribution in [0.1, 0.15) is 22.8 Å². The van der Waals surface area contributed by atoms with Gasteiger partial charge in [0.15, 0.2) is 5.78 Å². The molecule has 0 spiro atoms. The molecule has 27 heavy (non-hydrogen) atoms. The molecule has 0 aliphatic rings. The number of hydrogen-bond acceptors (Lipinski definition) is 5. The van der Waals surface area contributed by atoms with Gasteiger partial charge in [-0.1, -0.05) is 24.3 Å². The Morgan fingerprint density at radius 1 is 1.00 bits per heavy atom. The zero-order valence-corrected chi connectivity index (χ0v) is 15.4. The van der Waals surface area contributed by atoms with Crippen LogP contribution in [0.4, 0.5) is 5.69 Å². The number of sulfonamides is 1. The first-order valence-electron chi connectivity index (χ1n) is 7.99. The van der Waals surface area contributed by atoms with Crippen molar-refractivity contribution >= 4 is 33.3 Å². The van der Waals surface area contributed by atoms with E-state index in [0.29, 0.717) is 17.7 Å². The average molecular weight is 389 g/mol. The summed E-state index contributed by atoms with van der Waals surface area (Å²) in [6, 6.07) is 12.2. The Kier molecular flexibility index (Phi) is 6.43. The number of ketones is 1. The summed E-state index contributed by atoms with van der Waals surface area (Å²) in [7, 11) is -3.75. The number of carbonyl (C=O) groups is 3. The third-order valence-electron chi connectivity index (χ3n) is 3.68. The molecule has 0 unspecified atom stereocenters. The molecule has 0 aromatic heterocycles. The van der Waals surface area contributed by atoms with Gasteiger partial charge in [-0.05, 0) is 43.2 Å². The molecule has 8 nitrogen and oxygen atoms in total. The second-order valence-electron chi connectivity index (χ2n) is 5.79. The van der Waals surface area contributed by atoms with Crippen LogP contribution >= 0.6 is 0 Å². The van der Waals surface area contributed by atoms with E-state index in [1.807, 2.05) is 0 Å². The largest absolute Gasteiger partial charge is 0.347 e. The average Bonchev–Trinajstić information content (AvgIpc) is 2.61. The summed E-state index contributed by atoms with van der Waals surface area (Å²) < 4.78 is 22.4. The summed E-state index contributed by atoms with van der Waals surface area (Å²) in [4.78, 5) is 35.1. The number of carbonyl (C=O) groups excluding carboxylic acids is 3. The molecule has 2 amide bonds. The minimum Gasteiger partial charge on any atom is -0.347 e. The van der Waals surface area contributed by atoms with Crippen LogP contribution in [-0.2, 0) is 26.0 Å². The van der Waals surface area contributed by atoms with Gasteiger partial charge in [0, 0.05) is 17.8 Å². The summed E-state index contributed by atoms with van der Waals surface area (Å²) in [5, 5.41) is 9.92. The lowest BCUT2D eigenvalue weighted by Gasteiger charge is -2.08. The highest BCUT2D eigenvalue weighted by Gasteiger charge is 2.14. The smallest absolute Gasteiger partial charge is 0.313 e. The number of Topliss-reactive ketones (excluding diaryl/α,β-unsaturated/α-hetero) is 1. The van der Waals surface area contributed by atoms with E-state index in [-0.39, 0.29) is 17.2 Å². The van der Waals surface area contributed by atoms with E-state index in [0.717, 1.165) is 5.56 Å². The normalized spacial score (nSPS) is 10.9. The summed E-state index contributed by atoms with van der Waals surface area (Å²) >= 11 is 0. The number of benzene rings is 2. The van der Waals surface area contributed by atoms with Crippen LogP contribution in [-0.4, -0.2) is 32.6 Å². The van der Waals surface area contributed by atoms with Crippen LogP contribution in [0.5, 0.6) is 0 Å². The summed E-state index contributed by atoms with van der Waals surface area (Å²) in [5.41, 5.74) is 1.55. The maximum atomic E-state index is 11.9. The van der Waals surface area contributed by atoms with Crippen LogP contribution < -0.4 is 15.8 Å². The highest BCUT2D eigenvalue weighted by Crippen LogP contribution is 2.11. The SMILES string of the molecule is CC(=O)c1cccc(NC(=O)C(=O)NCCc2ccc(S(N)(=O)=O)cc2)c1. The first-order chi connectivity index (χ1) is 12.7. The van der Waals surface area contributed by atoms with Crippen molar-refractivity contribution in [3.8, 4) is 0 Å². The monoisotopic (exact) mass is 389 g/mol. The van der Waals surface area contributed by atoms with E-state index in [1.54, 1.807) is 30.3 Å². The van der Waals surface area contributed by atoms with Gasteiger partial charge in [-0.25, -0.2) is 13.6 Å². The molecule has 2 rings (SSSR count). The van der Waals surface area contributed by atoms with Gasteiger partial charge in [0.2, 0.25) is 10.0 Å². The van der Waals surface area contributed by atoms with Crippen molar-refractivity contribution in [3.05, 3.63) is 59.7 Å². The van der Waals surface area contributed by atoms with Crippen LogP contribution in [0.3, 0.4) is 0 Å². The van der Waals surface area contributed by atoms with Gasteiger partial charge >= 0.3 is 11.8 Å². The molecular formula is C18H19N3O5S. The molecule has 0 saturated heterocycles. The molecule has 9 heteroatoms. The molecular weight excluding hydrogens is 370 g/mol. The molecule has 0 radical (unpaired) electrons. The zero-order chi connectivity index (χ0) is 20.0. The Hall–Kier alpha value is -3.04. The van der Waals surface area contributed by atoms with Crippen molar-refractivity contribution in [3.63, 3.8) is 0 Å². The minimum atomic E-state index is -3.75. The molecule has 0 bridgehead atoms. The Bertz CT molecular complexity index is 969. The second kappa shape index (κ2) is 8.56. The van der Waals surface area contributed by atoms with Crippen molar-refractivity contribution in [2.24, 2.45) is 5.14 Å². The molecule has 0 aliphatic heterocycles. The van der Waals surface area contributed by atoms with Gasteiger partial charge in [-0.15, -0.1) is 0 Å². The number of primary sulfonamides is 1. The van der Waals surface area contributed by atoms with E-state index in [1.165, 1.54) is 25.1 Å². The van der Waals surface area contributed by atoms with Crippen LogP contribution in [0.15, 0.2) is 53.4 Å². The molecule has 0 fully saturated rings. The molecule has 142 valence electrons. The van der Waals surface area contributed by atoms with Crippen molar-refractivity contribution in [1.82, 2.24) is 5.32 Å². The number of anilines is 1. The Labute approximate surface area is 156 Å². The fourth-order valence-electron chi connectivity index (χ4n) is 2.25. The zero-order valence-electron chi connectivity index (χ0n) is 14.6. The van der Waals surface area contributed by atoms with E-state index in [4.69, 9.17) is 5.14 Å². The number of amides is 2. The number of rotatable bonds is 6. The lowest BCUT2D eigenvalue weighted by atomic mass is 10.1. The Balaban J connectivity index is 1.85. The lowest BCUT2D eigenvalue weighted by Crippen LogP contribution is -2.36. The van der Waals surface area contributed by atoms with Gasteiger partial charge in [0.1, 0.15) is 0 Å². The van der Waals surface area contributed by atoms with E-state index in [2.05, 4.69) is 10.6 Å².